The smallest absolute Gasteiger partial charge is 0.272 e. The van der Waals surface area contributed by atoms with Gasteiger partial charge < -0.3 is 9.42 Å². The molecule has 1 saturated heterocycles. The number of nitrogens with zero attached hydrogens (tertiary/aromatic N) is 3. The summed E-state index contributed by atoms with van der Waals surface area (Å²) in [6.07, 6.45) is 2.94. The number of carbonyl (C=O) groups is 1. The third-order valence-corrected chi connectivity index (χ3v) is 4.95. The summed E-state index contributed by atoms with van der Waals surface area (Å²) in [6.45, 7) is 2.56. The maximum atomic E-state index is 13.1. The fourth-order valence-electron chi connectivity index (χ4n) is 3.38. The standard InChI is InChI=1S/C19H19ClN4O2/c1-12-10-16(23-26-12)18-4-2-3-9-24(18)19(25)17-11-15(21-22-17)13-5-7-14(20)8-6-13/h5-8,10-11,18H,2-4,9H2,1H3,(H,21,22). The number of amides is 1. The molecule has 1 amide bonds. The summed E-state index contributed by atoms with van der Waals surface area (Å²) in [5, 5.41) is 11.9. The van der Waals surface area contributed by atoms with Crippen LogP contribution < -0.4 is 0 Å². The van der Waals surface area contributed by atoms with Gasteiger partial charge in [0.15, 0.2) is 0 Å². The zero-order chi connectivity index (χ0) is 18.1. The van der Waals surface area contributed by atoms with Crippen molar-refractivity contribution in [3.63, 3.8) is 0 Å². The van der Waals surface area contributed by atoms with Gasteiger partial charge in [0.1, 0.15) is 17.1 Å². The van der Waals surface area contributed by atoms with Gasteiger partial charge in [0, 0.05) is 23.2 Å². The molecule has 2 aromatic heterocycles. The summed E-state index contributed by atoms with van der Waals surface area (Å²) in [4.78, 5) is 14.9. The summed E-state index contributed by atoms with van der Waals surface area (Å²) in [5.74, 6) is 0.688. The fourth-order valence-corrected chi connectivity index (χ4v) is 3.51. The third-order valence-electron chi connectivity index (χ3n) is 4.70. The van der Waals surface area contributed by atoms with Crippen LogP contribution in [0.1, 0.15) is 47.2 Å². The molecule has 1 aliphatic heterocycles. The van der Waals surface area contributed by atoms with Crippen molar-refractivity contribution >= 4 is 17.5 Å². The Morgan fingerprint density at radius 1 is 1.27 bits per heavy atom. The van der Waals surface area contributed by atoms with Gasteiger partial charge in [0.05, 0.1) is 11.7 Å². The molecular formula is C19H19ClN4O2. The number of carbonyl (C=O) groups excluding carboxylic acids is 1. The van der Waals surface area contributed by atoms with Crippen molar-refractivity contribution in [2.75, 3.05) is 6.54 Å². The first-order valence-corrected chi connectivity index (χ1v) is 9.05. The summed E-state index contributed by atoms with van der Waals surface area (Å²) in [6, 6.07) is 11.0. The lowest BCUT2D eigenvalue weighted by Crippen LogP contribution is -2.38. The van der Waals surface area contributed by atoms with Gasteiger partial charge in [-0.1, -0.05) is 28.9 Å². The van der Waals surface area contributed by atoms with Crippen LogP contribution in [0.5, 0.6) is 0 Å². The van der Waals surface area contributed by atoms with E-state index in [1.165, 1.54) is 0 Å². The predicted molar refractivity (Wildman–Crippen MR) is 97.9 cm³/mol. The predicted octanol–water partition coefficient (Wildman–Crippen LogP) is 4.39. The zero-order valence-corrected chi connectivity index (χ0v) is 15.2. The molecule has 1 aromatic carbocycles. The molecular weight excluding hydrogens is 352 g/mol. The van der Waals surface area contributed by atoms with Crippen molar-refractivity contribution in [1.82, 2.24) is 20.3 Å². The summed E-state index contributed by atoms with van der Waals surface area (Å²) >= 11 is 5.93. The first-order chi connectivity index (χ1) is 12.6. The summed E-state index contributed by atoms with van der Waals surface area (Å²) < 4.78 is 5.20. The van der Waals surface area contributed by atoms with Crippen LogP contribution >= 0.6 is 11.6 Å². The lowest BCUT2D eigenvalue weighted by Gasteiger charge is -2.34. The fraction of sp³-hybridized carbons (Fsp3) is 0.316. The van der Waals surface area contributed by atoms with Gasteiger partial charge in [-0.25, -0.2) is 0 Å². The van der Waals surface area contributed by atoms with Crippen LogP contribution in [-0.2, 0) is 0 Å². The molecule has 1 aliphatic rings. The van der Waals surface area contributed by atoms with E-state index >= 15 is 0 Å². The number of benzene rings is 1. The molecule has 0 radical (unpaired) electrons. The number of aromatic nitrogens is 3. The molecule has 4 rings (SSSR count). The molecule has 1 atom stereocenters. The van der Waals surface area contributed by atoms with Crippen molar-refractivity contribution in [2.45, 2.75) is 32.2 Å². The van der Waals surface area contributed by atoms with Crippen LogP contribution in [0.2, 0.25) is 5.02 Å². The van der Waals surface area contributed by atoms with Crippen LogP contribution in [0.3, 0.4) is 0 Å². The highest BCUT2D eigenvalue weighted by atomic mass is 35.5. The first-order valence-electron chi connectivity index (χ1n) is 8.67. The van der Waals surface area contributed by atoms with E-state index in [-0.39, 0.29) is 11.9 Å². The molecule has 3 heterocycles. The van der Waals surface area contributed by atoms with Crippen molar-refractivity contribution in [2.24, 2.45) is 0 Å². The second-order valence-electron chi connectivity index (χ2n) is 6.55. The van der Waals surface area contributed by atoms with Gasteiger partial charge in [-0.05, 0) is 44.4 Å². The number of H-pyrrole nitrogens is 1. The van der Waals surface area contributed by atoms with E-state index in [4.69, 9.17) is 16.1 Å². The van der Waals surface area contributed by atoms with Crippen LogP contribution in [0.4, 0.5) is 0 Å². The maximum absolute atomic E-state index is 13.1. The average Bonchev–Trinajstić information content (AvgIpc) is 3.31. The van der Waals surface area contributed by atoms with Gasteiger partial charge in [-0.3, -0.25) is 9.89 Å². The Morgan fingerprint density at radius 2 is 2.08 bits per heavy atom. The van der Waals surface area contributed by atoms with E-state index in [2.05, 4.69) is 15.4 Å². The quantitative estimate of drug-likeness (QED) is 0.741. The number of nitrogens with one attached hydrogen (secondary N) is 1. The Labute approximate surface area is 156 Å². The van der Waals surface area contributed by atoms with Crippen LogP contribution in [0.15, 0.2) is 40.9 Å². The minimum Gasteiger partial charge on any atom is -0.361 e. The van der Waals surface area contributed by atoms with Crippen LogP contribution in [0.25, 0.3) is 11.3 Å². The number of aryl methyl sites for hydroxylation is 1. The van der Waals surface area contributed by atoms with Crippen molar-refractivity contribution in [1.29, 1.82) is 0 Å². The monoisotopic (exact) mass is 370 g/mol. The van der Waals surface area contributed by atoms with E-state index in [1.807, 2.05) is 30.0 Å². The summed E-state index contributed by atoms with van der Waals surface area (Å²) in [7, 11) is 0. The number of halogens is 1. The van der Waals surface area contributed by atoms with Crippen LogP contribution in [-0.4, -0.2) is 32.7 Å². The summed E-state index contributed by atoms with van der Waals surface area (Å²) in [5.41, 5.74) is 2.91. The van der Waals surface area contributed by atoms with Crippen molar-refractivity contribution in [3.05, 3.63) is 58.6 Å². The molecule has 26 heavy (non-hydrogen) atoms. The molecule has 3 aromatic rings. The van der Waals surface area contributed by atoms with Gasteiger partial charge in [-0.15, -0.1) is 0 Å². The average molecular weight is 371 g/mol. The van der Waals surface area contributed by atoms with E-state index in [1.54, 1.807) is 18.2 Å². The van der Waals surface area contributed by atoms with E-state index in [0.717, 1.165) is 42.0 Å². The van der Waals surface area contributed by atoms with E-state index in [9.17, 15) is 4.79 Å². The molecule has 6 nitrogen and oxygen atoms in total. The van der Waals surface area contributed by atoms with Crippen LogP contribution in [0, 0.1) is 6.92 Å². The Kier molecular flexibility index (Phi) is 4.51. The molecule has 0 spiro atoms. The van der Waals surface area contributed by atoms with E-state index < -0.39 is 0 Å². The van der Waals surface area contributed by atoms with Crippen molar-refractivity contribution in [3.8, 4) is 11.3 Å². The minimum absolute atomic E-state index is 0.0593. The highest BCUT2D eigenvalue weighted by molar-refractivity contribution is 6.30. The molecule has 1 fully saturated rings. The Bertz CT molecular complexity index is 916. The highest BCUT2D eigenvalue weighted by Crippen LogP contribution is 2.32. The molecule has 0 aliphatic carbocycles. The second kappa shape index (κ2) is 6.96. The Hall–Kier alpha value is -2.60. The molecule has 7 heteroatoms. The highest BCUT2D eigenvalue weighted by Gasteiger charge is 2.31. The Morgan fingerprint density at radius 3 is 2.81 bits per heavy atom. The molecule has 0 bridgehead atoms. The Balaban J connectivity index is 1.59. The maximum Gasteiger partial charge on any atom is 0.272 e. The molecule has 134 valence electrons. The first kappa shape index (κ1) is 16.8. The zero-order valence-electron chi connectivity index (χ0n) is 14.4. The molecule has 1 N–H and O–H groups in total. The lowest BCUT2D eigenvalue weighted by molar-refractivity contribution is 0.0595. The van der Waals surface area contributed by atoms with Gasteiger partial charge in [0.25, 0.3) is 5.91 Å². The van der Waals surface area contributed by atoms with E-state index in [0.29, 0.717) is 17.3 Å². The molecule has 1 unspecified atom stereocenters. The SMILES string of the molecule is Cc1cc(C2CCCCN2C(=O)c2cc(-c3ccc(Cl)cc3)n[nH]2)no1. The lowest BCUT2D eigenvalue weighted by atomic mass is 9.98. The topological polar surface area (TPSA) is 75.0 Å². The number of aromatic amines is 1. The second-order valence-corrected chi connectivity index (χ2v) is 6.98. The normalized spacial score (nSPS) is 17.5. The van der Waals surface area contributed by atoms with Gasteiger partial charge in [-0.2, -0.15) is 5.10 Å². The minimum atomic E-state index is -0.0666. The number of likely N-dealkylation sites (tertiary alicyclic amines) is 1. The van der Waals surface area contributed by atoms with Crippen molar-refractivity contribution < 1.29 is 9.32 Å². The number of piperidine rings is 1. The largest absolute Gasteiger partial charge is 0.361 e. The third kappa shape index (κ3) is 3.24. The number of hydrogen-bond donors (Lipinski definition) is 1. The molecule has 0 saturated carbocycles. The number of hydrogen-bond acceptors (Lipinski definition) is 4. The van der Waals surface area contributed by atoms with Gasteiger partial charge >= 0.3 is 0 Å². The number of rotatable bonds is 3. The van der Waals surface area contributed by atoms with Gasteiger partial charge in [0.2, 0.25) is 0 Å².